The summed E-state index contributed by atoms with van der Waals surface area (Å²) in [7, 11) is 0.0590. The summed E-state index contributed by atoms with van der Waals surface area (Å²) < 4.78 is 31.1. The molecule has 0 saturated carbocycles. The fraction of sp³-hybridized carbons (Fsp3) is 0.136. The monoisotopic (exact) mass is 422 g/mol. The molecule has 1 heterocycles. The predicted octanol–water partition coefficient (Wildman–Crippen LogP) is 4.55. The second-order valence-electron chi connectivity index (χ2n) is 6.87. The fourth-order valence-corrected chi connectivity index (χ4v) is 4.01. The minimum Gasteiger partial charge on any atom is -0.494 e. The van der Waals surface area contributed by atoms with Gasteiger partial charge in [-0.25, -0.2) is 13.4 Å². The van der Waals surface area contributed by atoms with Gasteiger partial charge in [-0.3, -0.25) is 4.72 Å². The lowest BCUT2D eigenvalue weighted by molar-refractivity contribution is 0.419. The molecule has 0 unspecified atom stereocenters. The van der Waals surface area contributed by atoms with Crippen LogP contribution in [0.5, 0.6) is 5.75 Å². The Kier molecular flexibility index (Phi) is 5.09. The zero-order valence-corrected chi connectivity index (χ0v) is 17.7. The Bertz CT molecular complexity index is 1350. The van der Waals surface area contributed by atoms with Gasteiger partial charge in [-0.2, -0.15) is 0 Å². The number of hydrogen-bond acceptors (Lipinski definition) is 6. The van der Waals surface area contributed by atoms with Gasteiger partial charge < -0.3 is 15.4 Å². The average Bonchev–Trinajstić information content (AvgIpc) is 2.73. The molecule has 7 nitrogen and oxygen atoms in total. The van der Waals surface area contributed by atoms with Gasteiger partial charge >= 0.3 is 0 Å². The first-order chi connectivity index (χ1) is 14.4. The molecule has 0 spiro atoms. The molecule has 0 atom stereocenters. The van der Waals surface area contributed by atoms with Crippen molar-refractivity contribution < 1.29 is 13.2 Å². The second kappa shape index (κ2) is 7.72. The lowest BCUT2D eigenvalue weighted by Crippen LogP contribution is -2.10. The van der Waals surface area contributed by atoms with E-state index in [0.29, 0.717) is 11.4 Å². The van der Waals surface area contributed by atoms with E-state index in [2.05, 4.69) is 15.4 Å². The molecule has 8 heteroatoms. The molecule has 0 aliphatic carbocycles. The molecular weight excluding hydrogens is 400 g/mol. The molecule has 0 radical (unpaired) electrons. The molecule has 154 valence electrons. The summed E-state index contributed by atoms with van der Waals surface area (Å²) in [4.78, 5) is 4.79. The van der Waals surface area contributed by atoms with Crippen LogP contribution in [0, 0.1) is 0 Å². The minimum absolute atomic E-state index is 0.485. The predicted molar refractivity (Wildman–Crippen MR) is 124 cm³/mol. The van der Waals surface area contributed by atoms with Gasteiger partial charge in [0.15, 0.2) is 0 Å². The summed E-state index contributed by atoms with van der Waals surface area (Å²) >= 11 is 0. The van der Waals surface area contributed by atoms with Crippen molar-refractivity contribution in [2.45, 2.75) is 0 Å². The Hall–Kier alpha value is -3.52. The van der Waals surface area contributed by atoms with Crippen LogP contribution in [0.4, 0.5) is 22.7 Å². The van der Waals surface area contributed by atoms with E-state index in [-0.39, 0.29) is 0 Å². The SMILES string of the molecule is CNc1cc(NS(C)(=O)=O)ccc1Nc1c2ccccc2nc2c(OC)cccc12. The summed E-state index contributed by atoms with van der Waals surface area (Å²) in [6, 6.07) is 19.0. The second-order valence-corrected chi connectivity index (χ2v) is 8.62. The molecule has 0 bridgehead atoms. The Morgan fingerprint density at radius 3 is 2.43 bits per heavy atom. The molecule has 4 rings (SSSR count). The maximum atomic E-state index is 11.6. The van der Waals surface area contributed by atoms with Crippen LogP contribution in [-0.2, 0) is 10.0 Å². The van der Waals surface area contributed by atoms with Crippen molar-refractivity contribution in [1.29, 1.82) is 0 Å². The van der Waals surface area contributed by atoms with Gasteiger partial charge in [0.2, 0.25) is 10.0 Å². The standard InChI is InChI=1S/C22H22N4O3S/c1-23-19-13-14(26-30(3,27)28)11-12-18(19)25-21-15-7-4-5-9-17(15)24-22-16(21)8-6-10-20(22)29-2/h4-13,23,26H,1-3H3,(H,24,25). The molecule has 0 fully saturated rings. The molecule has 0 aliphatic rings. The minimum atomic E-state index is -3.36. The van der Waals surface area contributed by atoms with Gasteiger partial charge in [0.05, 0.1) is 41.6 Å². The lowest BCUT2D eigenvalue weighted by atomic mass is 10.1. The van der Waals surface area contributed by atoms with E-state index in [9.17, 15) is 8.42 Å². The van der Waals surface area contributed by atoms with Crippen LogP contribution in [0.1, 0.15) is 0 Å². The normalized spacial score (nSPS) is 11.4. The van der Waals surface area contributed by atoms with Gasteiger partial charge in [-0.05, 0) is 30.3 Å². The molecule has 0 amide bonds. The number of methoxy groups -OCH3 is 1. The molecule has 3 N–H and O–H groups in total. The highest BCUT2D eigenvalue weighted by atomic mass is 32.2. The summed E-state index contributed by atoms with van der Waals surface area (Å²) in [6.45, 7) is 0. The Morgan fingerprint density at radius 1 is 0.933 bits per heavy atom. The quantitative estimate of drug-likeness (QED) is 0.395. The number of nitrogens with one attached hydrogen (secondary N) is 3. The van der Waals surface area contributed by atoms with E-state index in [0.717, 1.165) is 45.1 Å². The number of rotatable bonds is 6. The van der Waals surface area contributed by atoms with Crippen LogP contribution < -0.4 is 20.1 Å². The first kappa shape index (κ1) is 19.8. The number of fused-ring (bicyclic) bond motifs is 2. The van der Waals surface area contributed by atoms with Gasteiger partial charge in [0, 0.05) is 17.8 Å². The van der Waals surface area contributed by atoms with Crippen molar-refractivity contribution in [2.24, 2.45) is 0 Å². The van der Waals surface area contributed by atoms with E-state index in [1.54, 1.807) is 26.3 Å². The largest absolute Gasteiger partial charge is 0.494 e. The van der Waals surface area contributed by atoms with E-state index in [1.807, 2.05) is 48.5 Å². The average molecular weight is 423 g/mol. The van der Waals surface area contributed by atoms with Crippen molar-refractivity contribution >= 4 is 54.6 Å². The van der Waals surface area contributed by atoms with Crippen LogP contribution in [0.15, 0.2) is 60.7 Å². The van der Waals surface area contributed by atoms with Crippen molar-refractivity contribution in [1.82, 2.24) is 4.98 Å². The van der Waals surface area contributed by atoms with Crippen molar-refractivity contribution in [2.75, 3.05) is 35.8 Å². The number of para-hydroxylation sites is 2. The third-order valence-electron chi connectivity index (χ3n) is 4.75. The highest BCUT2D eigenvalue weighted by Gasteiger charge is 2.14. The molecule has 1 aromatic heterocycles. The number of pyridine rings is 1. The molecular formula is C22H22N4O3S. The zero-order valence-electron chi connectivity index (χ0n) is 16.9. The van der Waals surface area contributed by atoms with Crippen molar-refractivity contribution in [3.8, 4) is 5.75 Å². The Balaban J connectivity index is 1.89. The van der Waals surface area contributed by atoms with Crippen LogP contribution in [0.25, 0.3) is 21.8 Å². The van der Waals surface area contributed by atoms with E-state index < -0.39 is 10.0 Å². The molecule has 30 heavy (non-hydrogen) atoms. The zero-order chi connectivity index (χ0) is 21.3. The van der Waals surface area contributed by atoms with Gasteiger partial charge in [-0.1, -0.05) is 30.3 Å². The van der Waals surface area contributed by atoms with Crippen LogP contribution in [-0.4, -0.2) is 33.8 Å². The van der Waals surface area contributed by atoms with E-state index in [4.69, 9.17) is 9.72 Å². The number of sulfonamides is 1. The number of nitrogens with zero attached hydrogens (tertiary/aromatic N) is 1. The van der Waals surface area contributed by atoms with Crippen LogP contribution in [0.2, 0.25) is 0 Å². The van der Waals surface area contributed by atoms with Crippen molar-refractivity contribution in [3.63, 3.8) is 0 Å². The van der Waals surface area contributed by atoms with Gasteiger partial charge in [0.1, 0.15) is 11.3 Å². The number of benzene rings is 3. The first-order valence-corrected chi connectivity index (χ1v) is 11.2. The molecule has 4 aromatic rings. The van der Waals surface area contributed by atoms with Gasteiger partial charge in [-0.15, -0.1) is 0 Å². The van der Waals surface area contributed by atoms with Gasteiger partial charge in [0.25, 0.3) is 0 Å². The first-order valence-electron chi connectivity index (χ1n) is 9.31. The number of ether oxygens (including phenoxy) is 1. The fourth-order valence-electron chi connectivity index (χ4n) is 3.46. The lowest BCUT2D eigenvalue weighted by Gasteiger charge is -2.18. The number of anilines is 4. The summed E-state index contributed by atoms with van der Waals surface area (Å²) in [6.07, 6.45) is 1.13. The van der Waals surface area contributed by atoms with Crippen LogP contribution >= 0.6 is 0 Å². The Labute approximate surface area is 175 Å². The number of hydrogen-bond donors (Lipinski definition) is 3. The molecule has 3 aromatic carbocycles. The van der Waals surface area contributed by atoms with Crippen molar-refractivity contribution in [3.05, 3.63) is 60.7 Å². The highest BCUT2D eigenvalue weighted by Crippen LogP contribution is 2.38. The van der Waals surface area contributed by atoms with Crippen LogP contribution in [0.3, 0.4) is 0 Å². The van der Waals surface area contributed by atoms with E-state index in [1.165, 1.54) is 0 Å². The molecule has 0 saturated heterocycles. The third kappa shape index (κ3) is 3.81. The maximum absolute atomic E-state index is 11.6. The van der Waals surface area contributed by atoms with E-state index >= 15 is 0 Å². The molecule has 0 aliphatic heterocycles. The number of aromatic nitrogens is 1. The topological polar surface area (TPSA) is 92.3 Å². The highest BCUT2D eigenvalue weighted by molar-refractivity contribution is 7.92. The summed E-state index contributed by atoms with van der Waals surface area (Å²) in [5, 5.41) is 8.53. The Morgan fingerprint density at radius 2 is 1.70 bits per heavy atom. The maximum Gasteiger partial charge on any atom is 0.229 e. The smallest absolute Gasteiger partial charge is 0.229 e. The third-order valence-corrected chi connectivity index (χ3v) is 5.35. The summed E-state index contributed by atoms with van der Waals surface area (Å²) in [5.74, 6) is 0.697. The summed E-state index contributed by atoms with van der Waals surface area (Å²) in [5.41, 5.74) is 4.55.